The maximum absolute atomic E-state index is 10.6. The van der Waals surface area contributed by atoms with Crippen molar-refractivity contribution in [1.82, 2.24) is 4.98 Å². The van der Waals surface area contributed by atoms with Crippen LogP contribution in [0.5, 0.6) is 0 Å². The number of aliphatic carboxylic acids is 1. The summed E-state index contributed by atoms with van der Waals surface area (Å²) in [5.41, 5.74) is 0.555. The summed E-state index contributed by atoms with van der Waals surface area (Å²) in [6.45, 7) is 1.66. The minimum atomic E-state index is -4.64. The third-order valence-corrected chi connectivity index (χ3v) is 3.41. The van der Waals surface area contributed by atoms with Crippen molar-refractivity contribution < 1.29 is 27.9 Å². The topological polar surface area (TPSA) is 94.3 Å². The summed E-state index contributed by atoms with van der Waals surface area (Å²) in [7, 11) is 0. The van der Waals surface area contributed by atoms with Crippen LogP contribution in [0.2, 0.25) is 0 Å². The Morgan fingerprint density at radius 1 is 1.42 bits per heavy atom. The van der Waals surface area contributed by atoms with E-state index in [1.807, 2.05) is 12.1 Å². The number of hydrogen-bond donors (Lipinski definition) is 1. The molecule has 0 atom stereocenters. The SMILES string of the molecule is N#Cc1ccc(N2CCC(CC(=O)O)CC2)nc1.O=CC(F)(F)F. The van der Waals surface area contributed by atoms with Gasteiger partial charge in [0.1, 0.15) is 11.9 Å². The molecule has 1 aliphatic heterocycles. The zero-order valence-corrected chi connectivity index (χ0v) is 12.7. The quantitative estimate of drug-likeness (QED) is 0.847. The minimum Gasteiger partial charge on any atom is -0.481 e. The minimum absolute atomic E-state index is 0.259. The molecule has 1 saturated heterocycles. The van der Waals surface area contributed by atoms with Crippen molar-refractivity contribution >= 4 is 18.1 Å². The predicted octanol–water partition coefficient (Wildman–Crippen LogP) is 2.39. The van der Waals surface area contributed by atoms with E-state index in [2.05, 4.69) is 9.88 Å². The summed E-state index contributed by atoms with van der Waals surface area (Å²) in [6, 6.07) is 5.64. The second-order valence-corrected chi connectivity index (χ2v) is 5.20. The van der Waals surface area contributed by atoms with E-state index in [1.165, 1.54) is 0 Å². The molecule has 9 heteroatoms. The molecule has 130 valence electrons. The van der Waals surface area contributed by atoms with E-state index in [9.17, 15) is 18.0 Å². The molecule has 0 unspecified atom stereocenters. The van der Waals surface area contributed by atoms with E-state index in [0.717, 1.165) is 31.7 Å². The van der Waals surface area contributed by atoms with Gasteiger partial charge < -0.3 is 10.0 Å². The first kappa shape index (κ1) is 19.4. The van der Waals surface area contributed by atoms with Gasteiger partial charge in [0.2, 0.25) is 6.29 Å². The average molecular weight is 343 g/mol. The molecule has 1 fully saturated rings. The molecule has 0 radical (unpaired) electrons. The van der Waals surface area contributed by atoms with Gasteiger partial charge in [-0.2, -0.15) is 18.4 Å². The van der Waals surface area contributed by atoms with E-state index in [-0.39, 0.29) is 12.3 Å². The first-order valence-corrected chi connectivity index (χ1v) is 7.11. The molecular formula is C15H16F3N3O3. The van der Waals surface area contributed by atoms with Gasteiger partial charge in [0.15, 0.2) is 0 Å². The lowest BCUT2D eigenvalue weighted by Gasteiger charge is -2.32. The highest BCUT2D eigenvalue weighted by atomic mass is 19.4. The second kappa shape index (κ2) is 8.86. The number of anilines is 1. The molecule has 0 spiro atoms. The van der Waals surface area contributed by atoms with Crippen LogP contribution in [0.1, 0.15) is 24.8 Å². The lowest BCUT2D eigenvalue weighted by Crippen LogP contribution is -2.34. The standard InChI is InChI=1S/C13H15N3O2.C2HF3O/c14-8-11-1-2-12(15-9-11)16-5-3-10(4-6-16)7-13(17)18;3-2(4,5)1-6/h1-2,9-10H,3-7H2,(H,17,18);1H. The van der Waals surface area contributed by atoms with Crippen LogP contribution in [0.15, 0.2) is 18.3 Å². The monoisotopic (exact) mass is 343 g/mol. The van der Waals surface area contributed by atoms with Gasteiger partial charge in [-0.05, 0) is 30.9 Å². The van der Waals surface area contributed by atoms with Crippen LogP contribution in [-0.4, -0.2) is 41.6 Å². The Balaban J connectivity index is 0.000000413. The van der Waals surface area contributed by atoms with E-state index < -0.39 is 18.4 Å². The number of carboxylic acid groups (broad SMARTS) is 1. The van der Waals surface area contributed by atoms with Crippen molar-refractivity contribution in [1.29, 1.82) is 5.26 Å². The van der Waals surface area contributed by atoms with Gasteiger partial charge in [-0.3, -0.25) is 9.59 Å². The molecule has 24 heavy (non-hydrogen) atoms. The maximum Gasteiger partial charge on any atom is 0.446 e. The smallest absolute Gasteiger partial charge is 0.446 e. The summed E-state index contributed by atoms with van der Waals surface area (Å²) >= 11 is 0. The predicted molar refractivity (Wildman–Crippen MR) is 78.3 cm³/mol. The fraction of sp³-hybridized carbons (Fsp3) is 0.467. The van der Waals surface area contributed by atoms with Gasteiger partial charge >= 0.3 is 12.1 Å². The normalized spacial score (nSPS) is 15.0. The molecular weight excluding hydrogens is 327 g/mol. The summed E-state index contributed by atoms with van der Waals surface area (Å²) in [4.78, 5) is 25.7. The Morgan fingerprint density at radius 3 is 2.38 bits per heavy atom. The number of carbonyl (C=O) groups excluding carboxylic acids is 1. The van der Waals surface area contributed by atoms with Crippen molar-refractivity contribution in [2.75, 3.05) is 18.0 Å². The van der Waals surface area contributed by atoms with Crippen LogP contribution in [0.4, 0.5) is 19.0 Å². The second-order valence-electron chi connectivity index (χ2n) is 5.20. The van der Waals surface area contributed by atoms with Crippen molar-refractivity contribution in [2.45, 2.75) is 25.4 Å². The maximum atomic E-state index is 10.6. The molecule has 6 nitrogen and oxygen atoms in total. The number of nitrogens with zero attached hydrogens (tertiary/aromatic N) is 3. The van der Waals surface area contributed by atoms with Crippen molar-refractivity contribution in [3.63, 3.8) is 0 Å². The Morgan fingerprint density at radius 2 is 2.00 bits per heavy atom. The van der Waals surface area contributed by atoms with Crippen LogP contribution in [0, 0.1) is 17.2 Å². The van der Waals surface area contributed by atoms with E-state index >= 15 is 0 Å². The van der Waals surface area contributed by atoms with Gasteiger partial charge in [0.05, 0.1) is 5.56 Å². The largest absolute Gasteiger partial charge is 0.481 e. The lowest BCUT2D eigenvalue weighted by molar-refractivity contribution is -0.156. The Bertz CT molecular complexity index is 589. The molecule has 1 aromatic heterocycles. The number of aldehydes is 1. The van der Waals surface area contributed by atoms with Crippen molar-refractivity contribution in [3.8, 4) is 6.07 Å². The van der Waals surface area contributed by atoms with Crippen molar-refractivity contribution in [2.24, 2.45) is 5.92 Å². The highest BCUT2D eigenvalue weighted by Crippen LogP contribution is 2.23. The number of hydrogen-bond acceptors (Lipinski definition) is 5. The number of aromatic nitrogens is 1. The Hall–Kier alpha value is -2.63. The lowest BCUT2D eigenvalue weighted by atomic mass is 9.94. The summed E-state index contributed by atoms with van der Waals surface area (Å²) in [6.07, 6.45) is -2.11. The Kier molecular flexibility index (Phi) is 7.17. The molecule has 0 saturated carbocycles. The number of rotatable bonds is 3. The number of piperidine rings is 1. The van der Waals surface area contributed by atoms with Gasteiger partial charge in [-0.15, -0.1) is 0 Å². The highest BCUT2D eigenvalue weighted by molar-refractivity contribution is 5.67. The van der Waals surface area contributed by atoms with Crippen LogP contribution >= 0.6 is 0 Å². The zero-order chi connectivity index (χ0) is 18.2. The number of nitriles is 1. The van der Waals surface area contributed by atoms with Crippen LogP contribution in [-0.2, 0) is 9.59 Å². The first-order chi connectivity index (χ1) is 11.2. The van der Waals surface area contributed by atoms with Crippen LogP contribution in [0.25, 0.3) is 0 Å². The Labute approximate surface area is 136 Å². The molecule has 2 rings (SSSR count). The third kappa shape index (κ3) is 7.09. The molecule has 0 aromatic carbocycles. The van der Waals surface area contributed by atoms with E-state index in [0.29, 0.717) is 5.56 Å². The molecule has 1 aliphatic rings. The van der Waals surface area contributed by atoms with Crippen molar-refractivity contribution in [3.05, 3.63) is 23.9 Å². The van der Waals surface area contributed by atoms with Gasteiger partial charge in [0, 0.05) is 25.7 Å². The highest BCUT2D eigenvalue weighted by Gasteiger charge is 2.25. The van der Waals surface area contributed by atoms with Gasteiger partial charge in [0.25, 0.3) is 0 Å². The van der Waals surface area contributed by atoms with Crippen LogP contribution in [0.3, 0.4) is 0 Å². The number of halogens is 3. The van der Waals surface area contributed by atoms with Gasteiger partial charge in [-0.1, -0.05) is 0 Å². The fourth-order valence-corrected chi connectivity index (χ4v) is 2.25. The molecule has 1 N–H and O–H groups in total. The van der Waals surface area contributed by atoms with Crippen LogP contribution < -0.4 is 4.90 Å². The fourth-order valence-electron chi connectivity index (χ4n) is 2.25. The summed E-state index contributed by atoms with van der Waals surface area (Å²) < 4.78 is 31.2. The summed E-state index contributed by atoms with van der Waals surface area (Å²) in [5, 5.41) is 17.4. The zero-order valence-electron chi connectivity index (χ0n) is 12.7. The number of pyridine rings is 1. The first-order valence-electron chi connectivity index (χ1n) is 7.11. The van der Waals surface area contributed by atoms with Gasteiger partial charge in [-0.25, -0.2) is 4.98 Å². The molecule has 0 bridgehead atoms. The average Bonchev–Trinajstić information content (AvgIpc) is 2.55. The summed E-state index contributed by atoms with van der Waals surface area (Å²) in [5.74, 6) is 0.421. The van der Waals surface area contributed by atoms with E-state index in [1.54, 1.807) is 12.3 Å². The molecule has 2 heterocycles. The van der Waals surface area contributed by atoms with E-state index in [4.69, 9.17) is 15.2 Å². The number of carbonyl (C=O) groups is 2. The molecule has 0 amide bonds. The molecule has 1 aromatic rings. The molecule has 0 aliphatic carbocycles. The third-order valence-electron chi connectivity index (χ3n) is 3.41. The number of carboxylic acids is 1. The number of alkyl halides is 3.